The fourth-order valence-corrected chi connectivity index (χ4v) is 2.89. The Morgan fingerprint density at radius 1 is 1.42 bits per heavy atom. The van der Waals surface area contributed by atoms with Gasteiger partial charge in [-0.2, -0.15) is 0 Å². The summed E-state index contributed by atoms with van der Waals surface area (Å²) in [6.45, 7) is 0.684. The number of rotatable bonds is 4. The first-order chi connectivity index (χ1) is 9.33. The van der Waals surface area contributed by atoms with Gasteiger partial charge in [0, 0.05) is 11.6 Å². The molecular weight excluding hydrogens is 282 g/mol. The lowest BCUT2D eigenvalue weighted by Crippen LogP contribution is -2.03. The van der Waals surface area contributed by atoms with Crippen LogP contribution in [0, 0.1) is 0 Å². The number of thiazole rings is 1. The SMILES string of the molecule is COc1cccc2c1nc(CCl)n2Cc1nccs1. The molecule has 0 radical (unpaired) electrons. The van der Waals surface area contributed by atoms with Gasteiger partial charge in [-0.15, -0.1) is 22.9 Å². The van der Waals surface area contributed by atoms with Crippen LogP contribution in [0.1, 0.15) is 10.8 Å². The molecule has 3 rings (SSSR count). The van der Waals surface area contributed by atoms with Crippen molar-refractivity contribution in [2.45, 2.75) is 12.4 Å². The number of methoxy groups -OCH3 is 1. The third-order valence-electron chi connectivity index (χ3n) is 2.94. The van der Waals surface area contributed by atoms with Gasteiger partial charge in [0.15, 0.2) is 0 Å². The van der Waals surface area contributed by atoms with E-state index < -0.39 is 0 Å². The zero-order chi connectivity index (χ0) is 13.2. The van der Waals surface area contributed by atoms with Crippen molar-refractivity contribution in [3.05, 3.63) is 40.6 Å². The second-order valence-corrected chi connectivity index (χ2v) is 5.25. The molecule has 0 saturated carbocycles. The molecule has 2 aromatic heterocycles. The zero-order valence-corrected chi connectivity index (χ0v) is 11.9. The largest absolute Gasteiger partial charge is 0.494 e. The second-order valence-electron chi connectivity index (χ2n) is 4.00. The van der Waals surface area contributed by atoms with E-state index in [-0.39, 0.29) is 0 Å². The minimum absolute atomic E-state index is 0.364. The molecule has 1 aromatic carbocycles. The highest BCUT2D eigenvalue weighted by Crippen LogP contribution is 2.27. The van der Waals surface area contributed by atoms with Gasteiger partial charge in [0.2, 0.25) is 0 Å². The minimum atomic E-state index is 0.364. The van der Waals surface area contributed by atoms with Crippen LogP contribution < -0.4 is 4.74 Å². The monoisotopic (exact) mass is 293 g/mol. The summed E-state index contributed by atoms with van der Waals surface area (Å²) in [5.41, 5.74) is 1.86. The summed E-state index contributed by atoms with van der Waals surface area (Å²) in [5, 5.41) is 3.00. The molecule has 19 heavy (non-hydrogen) atoms. The van der Waals surface area contributed by atoms with Crippen molar-refractivity contribution < 1.29 is 4.74 Å². The number of hydrogen-bond acceptors (Lipinski definition) is 4. The van der Waals surface area contributed by atoms with Gasteiger partial charge in [0.25, 0.3) is 0 Å². The first kappa shape index (κ1) is 12.4. The van der Waals surface area contributed by atoms with Crippen molar-refractivity contribution >= 4 is 34.0 Å². The van der Waals surface area contributed by atoms with E-state index >= 15 is 0 Å². The van der Waals surface area contributed by atoms with Crippen LogP contribution in [0.2, 0.25) is 0 Å². The van der Waals surface area contributed by atoms with Gasteiger partial charge in [0.1, 0.15) is 22.1 Å². The van der Waals surface area contributed by atoms with Crippen molar-refractivity contribution in [3.8, 4) is 5.75 Å². The maximum absolute atomic E-state index is 6.00. The van der Waals surface area contributed by atoms with E-state index in [0.29, 0.717) is 12.4 Å². The molecule has 0 amide bonds. The van der Waals surface area contributed by atoms with Gasteiger partial charge in [0.05, 0.1) is 25.1 Å². The summed E-state index contributed by atoms with van der Waals surface area (Å²) in [4.78, 5) is 8.88. The Kier molecular flexibility index (Phi) is 3.40. The number of alkyl halides is 1. The molecule has 0 aliphatic heterocycles. The third-order valence-corrected chi connectivity index (χ3v) is 3.94. The molecule has 0 N–H and O–H groups in total. The molecule has 4 nitrogen and oxygen atoms in total. The molecule has 6 heteroatoms. The molecule has 0 saturated heterocycles. The number of aromatic nitrogens is 3. The van der Waals surface area contributed by atoms with E-state index in [2.05, 4.69) is 14.5 Å². The van der Waals surface area contributed by atoms with Gasteiger partial charge in [-0.1, -0.05) is 6.07 Å². The topological polar surface area (TPSA) is 39.9 Å². The Labute approximate surface area is 119 Å². The first-order valence-electron chi connectivity index (χ1n) is 5.80. The lowest BCUT2D eigenvalue weighted by molar-refractivity contribution is 0.419. The van der Waals surface area contributed by atoms with E-state index in [1.54, 1.807) is 24.6 Å². The average molecular weight is 294 g/mol. The van der Waals surface area contributed by atoms with Crippen LogP contribution in [0.3, 0.4) is 0 Å². The number of ether oxygens (including phenoxy) is 1. The number of fused-ring (bicyclic) bond motifs is 1. The number of imidazole rings is 1. The maximum Gasteiger partial charge on any atom is 0.146 e. The van der Waals surface area contributed by atoms with Gasteiger partial charge in [-0.3, -0.25) is 0 Å². The molecule has 2 heterocycles. The van der Waals surface area contributed by atoms with Crippen LogP contribution in [0.25, 0.3) is 11.0 Å². The number of para-hydroxylation sites is 1. The summed E-state index contributed by atoms with van der Waals surface area (Å²) in [5.74, 6) is 1.96. The highest BCUT2D eigenvalue weighted by Gasteiger charge is 2.14. The van der Waals surface area contributed by atoms with Crippen LogP contribution in [-0.2, 0) is 12.4 Å². The fourth-order valence-electron chi connectivity index (χ4n) is 2.08. The smallest absolute Gasteiger partial charge is 0.146 e. The van der Waals surface area contributed by atoms with E-state index in [0.717, 1.165) is 27.6 Å². The van der Waals surface area contributed by atoms with Crippen molar-refractivity contribution in [1.82, 2.24) is 14.5 Å². The lowest BCUT2D eigenvalue weighted by Gasteiger charge is -2.05. The molecule has 0 bridgehead atoms. The number of hydrogen-bond donors (Lipinski definition) is 0. The second kappa shape index (κ2) is 5.19. The molecule has 3 aromatic rings. The Morgan fingerprint density at radius 2 is 2.32 bits per heavy atom. The summed E-state index contributed by atoms with van der Waals surface area (Å²) < 4.78 is 7.43. The van der Waals surface area contributed by atoms with E-state index in [9.17, 15) is 0 Å². The lowest BCUT2D eigenvalue weighted by atomic mass is 10.3. The third kappa shape index (κ3) is 2.19. The standard InChI is InChI=1S/C13H12ClN3OS/c1-18-10-4-2-3-9-13(10)16-11(7-14)17(9)8-12-15-5-6-19-12/h2-6H,7-8H2,1H3. The normalized spacial score (nSPS) is 11.1. The molecular formula is C13H12ClN3OS. The summed E-state index contributed by atoms with van der Waals surface area (Å²) in [7, 11) is 1.65. The highest BCUT2D eigenvalue weighted by molar-refractivity contribution is 7.09. The van der Waals surface area contributed by atoms with Crippen molar-refractivity contribution in [2.24, 2.45) is 0 Å². The van der Waals surface area contributed by atoms with Crippen LogP contribution in [0.15, 0.2) is 29.8 Å². The predicted molar refractivity (Wildman–Crippen MR) is 77.1 cm³/mol. The van der Waals surface area contributed by atoms with Crippen molar-refractivity contribution in [2.75, 3.05) is 7.11 Å². The van der Waals surface area contributed by atoms with E-state index in [4.69, 9.17) is 16.3 Å². The number of benzene rings is 1. The van der Waals surface area contributed by atoms with Crippen molar-refractivity contribution in [1.29, 1.82) is 0 Å². The quantitative estimate of drug-likeness (QED) is 0.693. The summed E-state index contributed by atoms with van der Waals surface area (Å²) in [6, 6.07) is 5.88. The van der Waals surface area contributed by atoms with Gasteiger partial charge in [-0.05, 0) is 12.1 Å². The molecule has 0 aliphatic carbocycles. The van der Waals surface area contributed by atoms with E-state index in [1.807, 2.05) is 23.6 Å². The van der Waals surface area contributed by atoms with Crippen LogP contribution >= 0.6 is 22.9 Å². The van der Waals surface area contributed by atoms with E-state index in [1.165, 1.54) is 0 Å². The number of nitrogens with zero attached hydrogens (tertiary/aromatic N) is 3. The Morgan fingerprint density at radius 3 is 3.00 bits per heavy atom. The van der Waals surface area contributed by atoms with Crippen molar-refractivity contribution in [3.63, 3.8) is 0 Å². The first-order valence-corrected chi connectivity index (χ1v) is 7.21. The Bertz CT molecular complexity index is 693. The fraction of sp³-hybridized carbons (Fsp3) is 0.231. The van der Waals surface area contributed by atoms with Gasteiger partial charge >= 0.3 is 0 Å². The van der Waals surface area contributed by atoms with Gasteiger partial charge in [-0.25, -0.2) is 9.97 Å². The molecule has 0 atom stereocenters. The Balaban J connectivity index is 2.16. The maximum atomic E-state index is 6.00. The number of halogens is 1. The molecule has 0 spiro atoms. The van der Waals surface area contributed by atoms with Crippen LogP contribution in [-0.4, -0.2) is 21.6 Å². The predicted octanol–water partition coefficient (Wildman–Crippen LogP) is 3.29. The van der Waals surface area contributed by atoms with Crippen LogP contribution in [0.5, 0.6) is 5.75 Å². The highest BCUT2D eigenvalue weighted by atomic mass is 35.5. The Hall–Kier alpha value is -1.59. The summed E-state index contributed by atoms with van der Waals surface area (Å²) >= 11 is 7.62. The molecule has 0 fully saturated rings. The van der Waals surface area contributed by atoms with Crippen LogP contribution in [0.4, 0.5) is 0 Å². The average Bonchev–Trinajstić information content (AvgIpc) is 3.07. The van der Waals surface area contributed by atoms with Gasteiger partial charge < -0.3 is 9.30 Å². The summed E-state index contributed by atoms with van der Waals surface area (Å²) in [6.07, 6.45) is 1.81. The molecule has 98 valence electrons. The zero-order valence-electron chi connectivity index (χ0n) is 10.3. The minimum Gasteiger partial charge on any atom is -0.494 e. The molecule has 0 aliphatic rings. The molecule has 0 unspecified atom stereocenters.